The van der Waals surface area contributed by atoms with Gasteiger partial charge in [-0.1, -0.05) is 46.4 Å². The van der Waals surface area contributed by atoms with Crippen LogP contribution in [-0.2, 0) is 46.6 Å². The molecule has 75 heavy (non-hydrogen) atoms. The zero-order chi connectivity index (χ0) is 56.0. The van der Waals surface area contributed by atoms with Gasteiger partial charge in [0.1, 0.15) is 42.1 Å². The zero-order valence-electron chi connectivity index (χ0n) is 39.1. The molecule has 30 heteroatoms. The van der Waals surface area contributed by atoms with E-state index in [-0.39, 0.29) is 38.5 Å². The molecule has 0 fully saturated rings. The molecule has 0 atom stereocenters. The van der Waals surface area contributed by atoms with E-state index in [1.54, 1.807) is 20.8 Å². The molecule has 2 aromatic carbocycles. The van der Waals surface area contributed by atoms with Crippen LogP contribution >= 0.6 is 46.4 Å². The van der Waals surface area contributed by atoms with Gasteiger partial charge in [-0.05, 0) is 93.6 Å². The summed E-state index contributed by atoms with van der Waals surface area (Å²) in [5.41, 5.74) is 0.255. The van der Waals surface area contributed by atoms with Gasteiger partial charge in [-0.25, -0.2) is 50.2 Å². The highest BCUT2D eigenvalue weighted by molar-refractivity contribution is 7.93. The number of ether oxygens (including phenoxy) is 3. The van der Waals surface area contributed by atoms with Crippen molar-refractivity contribution in [1.29, 1.82) is 0 Å². The van der Waals surface area contributed by atoms with Crippen molar-refractivity contribution in [2.75, 3.05) is 47.3 Å². The number of sulfonamides is 2. The summed E-state index contributed by atoms with van der Waals surface area (Å²) in [4.78, 5) is 53.4. The zero-order valence-corrected chi connectivity index (χ0v) is 43.7. The van der Waals surface area contributed by atoms with Crippen LogP contribution in [0.5, 0.6) is 0 Å². The molecule has 4 heterocycles. The number of nitrogens with one attached hydrogen (secondary N) is 1. The van der Waals surface area contributed by atoms with E-state index in [1.807, 2.05) is 0 Å². The van der Waals surface area contributed by atoms with Gasteiger partial charge in [0.15, 0.2) is 0 Å². The summed E-state index contributed by atoms with van der Waals surface area (Å²) >= 11 is 23.4. The molecule has 400 valence electrons. The van der Waals surface area contributed by atoms with E-state index in [1.165, 1.54) is 36.7 Å². The molecular weight excluding hydrogens is 1130 g/mol. The van der Waals surface area contributed by atoms with E-state index < -0.39 is 117 Å². The third-order valence-electron chi connectivity index (χ3n) is 9.55. The summed E-state index contributed by atoms with van der Waals surface area (Å²) < 4.78 is 151. The first-order valence-electron chi connectivity index (χ1n) is 20.7. The topological polar surface area (TPSA) is 243 Å². The summed E-state index contributed by atoms with van der Waals surface area (Å²) in [5.74, 6) is -2.05. The fourth-order valence-electron chi connectivity index (χ4n) is 6.33. The fourth-order valence-corrected chi connectivity index (χ4v) is 9.89. The van der Waals surface area contributed by atoms with Gasteiger partial charge in [-0.2, -0.15) is 26.3 Å². The first-order valence-corrected chi connectivity index (χ1v) is 25.1. The summed E-state index contributed by atoms with van der Waals surface area (Å²) in [5, 5.41) is 0.821. The molecule has 6 rings (SSSR count). The number of hydrogen-bond donors (Lipinski definition) is 2. The van der Waals surface area contributed by atoms with Crippen molar-refractivity contribution in [3.05, 3.63) is 151 Å². The molecule has 4 aromatic heterocycles. The summed E-state index contributed by atoms with van der Waals surface area (Å²) in [6.45, 7) is 3.46. The molecule has 1 amide bonds. The maximum atomic E-state index is 13.7. The van der Waals surface area contributed by atoms with Crippen LogP contribution in [0.15, 0.2) is 107 Å². The summed E-state index contributed by atoms with van der Waals surface area (Å²) in [6, 6.07) is 11.8. The number of rotatable bonds is 15. The van der Waals surface area contributed by atoms with Crippen molar-refractivity contribution in [3.8, 4) is 0 Å². The number of nitrogens with two attached hydrogens (primary N) is 1. The van der Waals surface area contributed by atoms with E-state index in [4.69, 9.17) is 66.3 Å². The van der Waals surface area contributed by atoms with Crippen LogP contribution < -0.4 is 19.7 Å². The van der Waals surface area contributed by atoms with Crippen molar-refractivity contribution in [2.24, 2.45) is 0 Å². The van der Waals surface area contributed by atoms with Gasteiger partial charge in [-0.15, -0.1) is 0 Å². The highest BCUT2D eigenvalue weighted by Gasteiger charge is 2.39. The second kappa shape index (κ2) is 23.7. The Morgan fingerprint density at radius 1 is 0.627 bits per heavy atom. The molecule has 0 unspecified atom stereocenters. The van der Waals surface area contributed by atoms with Gasteiger partial charge in [-0.3, -0.25) is 14.9 Å². The normalized spacial score (nSPS) is 12.0. The number of carbonyl (C=O) groups excluding carboxylic acids is 3. The molecule has 0 saturated heterocycles. The Bertz CT molecular complexity index is 3370. The Morgan fingerprint density at radius 3 is 1.44 bits per heavy atom. The standard InChI is InChI=1S/C25H23Cl2F3N4O6S.C20H15Cl2F3N4O4S/c1-24(2,3)40-23(36)33-22-16(6-5-9-31-22)21(35)20-19(10-14(26)12-32-20)34(13-39-4)41(37,38)15-7-8-18(27)17(11-15)25(28,29)30;1-33-10-29(34(31,32)12-4-5-15(22)14(8-12)20(23,24)25)16-7-11(21)9-28-17(16)18(30)13-3-2-6-27-19(13)26/h5-12H,13H2,1-4H3,(H,31,33,36);2-9H,10H2,1H3,(H2,26,27). The maximum Gasteiger partial charge on any atom is 0.417 e. The van der Waals surface area contributed by atoms with Gasteiger partial charge >= 0.3 is 18.4 Å². The van der Waals surface area contributed by atoms with Crippen molar-refractivity contribution >= 4 is 107 Å². The third-order valence-corrected chi connectivity index (χ3v) is 14.1. The number of nitrogen functional groups attached to an aromatic ring is 1. The molecule has 6 aromatic rings. The minimum Gasteiger partial charge on any atom is -0.444 e. The lowest BCUT2D eigenvalue weighted by Gasteiger charge is -2.26. The Morgan fingerprint density at radius 2 is 1.04 bits per heavy atom. The number of aromatic nitrogens is 4. The minimum absolute atomic E-state index is 0.0471. The van der Waals surface area contributed by atoms with E-state index in [0.717, 1.165) is 63.0 Å². The Balaban J connectivity index is 0.000000282. The molecule has 0 saturated carbocycles. The SMILES string of the molecule is COCN(c1cc(Cl)cnc1C(=O)c1cccnc1N)S(=O)(=O)c1ccc(Cl)c(C(F)(F)F)c1.COCN(c1cc(Cl)cnc1C(=O)c1cccnc1NC(=O)OC(C)(C)C)S(=O)(=O)c1ccc(Cl)c(C(F)(F)F)c1. The minimum atomic E-state index is -4.95. The number of methoxy groups -OCH3 is 2. The van der Waals surface area contributed by atoms with Crippen molar-refractivity contribution in [3.63, 3.8) is 0 Å². The largest absolute Gasteiger partial charge is 0.444 e. The fraction of sp³-hybridized carbons (Fsp3) is 0.222. The van der Waals surface area contributed by atoms with Crippen LogP contribution in [-0.4, -0.2) is 87.7 Å². The molecule has 0 spiro atoms. The van der Waals surface area contributed by atoms with Crippen molar-refractivity contribution < 1.29 is 71.8 Å². The van der Waals surface area contributed by atoms with E-state index in [0.29, 0.717) is 20.7 Å². The van der Waals surface area contributed by atoms with Gasteiger partial charge in [0.2, 0.25) is 11.6 Å². The number of ketones is 2. The second-order valence-corrected chi connectivity index (χ2v) is 21.4. The molecule has 0 bridgehead atoms. The Labute approximate surface area is 443 Å². The average Bonchev–Trinajstić information content (AvgIpc) is 3.31. The lowest BCUT2D eigenvalue weighted by atomic mass is 10.1. The van der Waals surface area contributed by atoms with E-state index in [9.17, 15) is 57.6 Å². The number of amides is 1. The number of halogens is 10. The molecule has 0 aliphatic heterocycles. The molecule has 18 nitrogen and oxygen atoms in total. The average molecular weight is 1170 g/mol. The highest BCUT2D eigenvalue weighted by atomic mass is 35.5. The number of pyridine rings is 4. The van der Waals surface area contributed by atoms with E-state index >= 15 is 0 Å². The van der Waals surface area contributed by atoms with Crippen LogP contribution in [0.3, 0.4) is 0 Å². The molecule has 0 aliphatic carbocycles. The van der Waals surface area contributed by atoms with Crippen molar-refractivity contribution in [2.45, 2.75) is 48.5 Å². The molecule has 0 radical (unpaired) electrons. The maximum absolute atomic E-state index is 13.7. The predicted octanol–water partition coefficient (Wildman–Crippen LogP) is 10.6. The van der Waals surface area contributed by atoms with Crippen LogP contribution in [0.2, 0.25) is 20.1 Å². The quantitative estimate of drug-likeness (QED) is 0.0552. The summed E-state index contributed by atoms with van der Waals surface area (Å²) in [6.07, 6.45) is -5.97. The highest BCUT2D eigenvalue weighted by Crippen LogP contribution is 2.40. The predicted molar refractivity (Wildman–Crippen MR) is 264 cm³/mol. The first kappa shape index (κ1) is 59.5. The van der Waals surface area contributed by atoms with Crippen LogP contribution in [0.25, 0.3) is 0 Å². The second-order valence-electron chi connectivity index (χ2n) is 16.0. The number of nitrogens with zero attached hydrogens (tertiary/aromatic N) is 6. The smallest absolute Gasteiger partial charge is 0.417 e. The Kier molecular flexibility index (Phi) is 18.8. The molecule has 0 aliphatic rings. The summed E-state index contributed by atoms with van der Waals surface area (Å²) in [7, 11) is -7.26. The number of alkyl halides is 6. The molecular formula is C45H38Cl4F6N8O10S2. The van der Waals surface area contributed by atoms with Crippen molar-refractivity contribution in [1.82, 2.24) is 19.9 Å². The van der Waals surface area contributed by atoms with Crippen LogP contribution in [0.4, 0.5) is 54.1 Å². The van der Waals surface area contributed by atoms with Gasteiger partial charge in [0.05, 0.1) is 63.5 Å². The third kappa shape index (κ3) is 14.3. The van der Waals surface area contributed by atoms with Gasteiger partial charge < -0.3 is 19.9 Å². The lowest BCUT2D eigenvalue weighted by Crippen LogP contribution is -2.34. The van der Waals surface area contributed by atoms with Gasteiger partial charge in [0, 0.05) is 39.0 Å². The lowest BCUT2D eigenvalue weighted by molar-refractivity contribution is -0.138. The van der Waals surface area contributed by atoms with Crippen LogP contribution in [0.1, 0.15) is 64.0 Å². The van der Waals surface area contributed by atoms with E-state index in [2.05, 4.69) is 25.3 Å². The first-order chi connectivity index (χ1) is 34.8. The van der Waals surface area contributed by atoms with Crippen LogP contribution in [0, 0.1) is 0 Å². The number of carbonyl (C=O) groups is 3. The van der Waals surface area contributed by atoms with Gasteiger partial charge in [0.25, 0.3) is 20.0 Å². The number of hydrogen-bond acceptors (Lipinski definition) is 15. The Hall–Kier alpha value is -6.39. The number of anilines is 4. The monoisotopic (exact) mass is 1170 g/mol. The molecule has 3 N–H and O–H groups in total. The number of benzene rings is 2.